The maximum Gasteiger partial charge on any atom is 0.336 e. The number of imide groups is 1. The molecule has 106 valence electrons. The second-order valence-corrected chi connectivity index (χ2v) is 4.07. The second kappa shape index (κ2) is 5.93. The van der Waals surface area contributed by atoms with Gasteiger partial charge in [0.2, 0.25) is 0 Å². The SMILES string of the molecule is NN(C(=O)c1ccncc1)C(=O)c1ccccc1C(=O)O. The van der Waals surface area contributed by atoms with Gasteiger partial charge in [0.1, 0.15) is 0 Å². The number of hydrogen-bond donors (Lipinski definition) is 2. The Morgan fingerprint density at radius 2 is 1.52 bits per heavy atom. The molecule has 0 bridgehead atoms. The van der Waals surface area contributed by atoms with Crippen molar-refractivity contribution in [2.75, 3.05) is 0 Å². The zero-order chi connectivity index (χ0) is 15.4. The minimum Gasteiger partial charge on any atom is -0.478 e. The summed E-state index contributed by atoms with van der Waals surface area (Å²) < 4.78 is 0. The van der Waals surface area contributed by atoms with Crippen molar-refractivity contribution in [2.45, 2.75) is 0 Å². The lowest BCUT2D eigenvalue weighted by Gasteiger charge is -2.15. The summed E-state index contributed by atoms with van der Waals surface area (Å²) in [6, 6.07) is 8.33. The first-order valence-corrected chi connectivity index (χ1v) is 5.88. The van der Waals surface area contributed by atoms with Gasteiger partial charge >= 0.3 is 5.97 Å². The van der Waals surface area contributed by atoms with Gasteiger partial charge in [0, 0.05) is 18.0 Å². The Bertz CT molecular complexity index is 700. The maximum atomic E-state index is 12.2. The van der Waals surface area contributed by atoms with Crippen LogP contribution in [0.25, 0.3) is 0 Å². The molecule has 0 aliphatic carbocycles. The van der Waals surface area contributed by atoms with E-state index in [0.717, 1.165) is 0 Å². The number of carbonyl (C=O) groups excluding carboxylic acids is 2. The largest absolute Gasteiger partial charge is 0.478 e. The molecule has 7 heteroatoms. The Labute approximate surface area is 119 Å². The summed E-state index contributed by atoms with van der Waals surface area (Å²) in [7, 11) is 0. The van der Waals surface area contributed by atoms with E-state index in [0.29, 0.717) is 5.01 Å². The number of nitrogens with two attached hydrogens (primary N) is 1. The van der Waals surface area contributed by atoms with Crippen LogP contribution in [0, 0.1) is 0 Å². The first-order valence-electron chi connectivity index (χ1n) is 5.88. The predicted octanol–water partition coefficient (Wildman–Crippen LogP) is 0.936. The van der Waals surface area contributed by atoms with Gasteiger partial charge in [-0.25, -0.2) is 15.6 Å². The minimum absolute atomic E-state index is 0.157. The highest BCUT2D eigenvalue weighted by Gasteiger charge is 2.24. The quantitative estimate of drug-likeness (QED) is 0.375. The van der Waals surface area contributed by atoms with Crippen molar-refractivity contribution >= 4 is 17.8 Å². The van der Waals surface area contributed by atoms with Gasteiger partial charge in [0.25, 0.3) is 11.8 Å². The van der Waals surface area contributed by atoms with Gasteiger partial charge in [0.15, 0.2) is 0 Å². The molecule has 0 unspecified atom stereocenters. The summed E-state index contributed by atoms with van der Waals surface area (Å²) in [6.45, 7) is 0. The number of rotatable bonds is 3. The molecule has 0 aliphatic rings. The van der Waals surface area contributed by atoms with E-state index in [4.69, 9.17) is 10.9 Å². The molecule has 1 aromatic heterocycles. The number of benzene rings is 1. The topological polar surface area (TPSA) is 114 Å². The van der Waals surface area contributed by atoms with Crippen LogP contribution in [0.15, 0.2) is 48.8 Å². The lowest BCUT2D eigenvalue weighted by atomic mass is 10.1. The third-order valence-corrected chi connectivity index (χ3v) is 2.75. The number of amides is 2. The molecule has 1 heterocycles. The molecule has 0 atom stereocenters. The van der Waals surface area contributed by atoms with Crippen LogP contribution in [0.3, 0.4) is 0 Å². The summed E-state index contributed by atoms with van der Waals surface area (Å²) in [4.78, 5) is 39.1. The second-order valence-electron chi connectivity index (χ2n) is 4.07. The highest BCUT2D eigenvalue weighted by Crippen LogP contribution is 2.12. The number of carboxylic acid groups (broad SMARTS) is 1. The Hall–Kier alpha value is -3.06. The molecular weight excluding hydrogens is 274 g/mol. The third-order valence-electron chi connectivity index (χ3n) is 2.75. The number of hydrazine groups is 1. The number of aromatic nitrogens is 1. The Balaban J connectivity index is 2.32. The summed E-state index contributed by atoms with van der Waals surface area (Å²) in [5.74, 6) is 2.60. The fourth-order valence-corrected chi connectivity index (χ4v) is 1.71. The van der Waals surface area contributed by atoms with Gasteiger partial charge in [-0.3, -0.25) is 14.6 Å². The number of hydrogen-bond acceptors (Lipinski definition) is 5. The van der Waals surface area contributed by atoms with Crippen LogP contribution in [0.2, 0.25) is 0 Å². The zero-order valence-corrected chi connectivity index (χ0v) is 10.8. The highest BCUT2D eigenvalue weighted by molar-refractivity contribution is 6.13. The lowest BCUT2D eigenvalue weighted by molar-refractivity contribution is 0.0600. The zero-order valence-electron chi connectivity index (χ0n) is 10.8. The van der Waals surface area contributed by atoms with Crippen molar-refractivity contribution in [1.82, 2.24) is 9.99 Å². The molecule has 0 saturated carbocycles. The summed E-state index contributed by atoms with van der Waals surface area (Å²) >= 11 is 0. The molecule has 2 aromatic rings. The van der Waals surface area contributed by atoms with Crippen LogP contribution < -0.4 is 5.84 Å². The predicted molar refractivity (Wildman–Crippen MR) is 72.3 cm³/mol. The monoisotopic (exact) mass is 285 g/mol. The molecule has 7 nitrogen and oxygen atoms in total. The molecule has 2 amide bonds. The molecule has 21 heavy (non-hydrogen) atoms. The summed E-state index contributed by atoms with van der Waals surface area (Å²) in [6.07, 6.45) is 2.77. The maximum absolute atomic E-state index is 12.2. The normalized spacial score (nSPS) is 9.95. The molecule has 0 radical (unpaired) electrons. The van der Waals surface area contributed by atoms with Gasteiger partial charge in [0.05, 0.1) is 11.1 Å². The number of aromatic carboxylic acids is 1. The average molecular weight is 285 g/mol. The third kappa shape index (κ3) is 2.93. The molecule has 0 fully saturated rings. The van der Waals surface area contributed by atoms with E-state index in [1.807, 2.05) is 0 Å². The molecule has 0 spiro atoms. The van der Waals surface area contributed by atoms with Crippen LogP contribution in [-0.4, -0.2) is 32.9 Å². The fourth-order valence-electron chi connectivity index (χ4n) is 1.71. The van der Waals surface area contributed by atoms with E-state index in [1.54, 1.807) is 0 Å². The Kier molecular flexibility index (Phi) is 4.05. The molecule has 2 rings (SSSR count). The molecule has 3 N–H and O–H groups in total. The number of carboxylic acids is 1. The number of carbonyl (C=O) groups is 3. The van der Waals surface area contributed by atoms with E-state index in [9.17, 15) is 14.4 Å². The molecule has 0 aliphatic heterocycles. The van der Waals surface area contributed by atoms with Crippen molar-refractivity contribution in [1.29, 1.82) is 0 Å². The van der Waals surface area contributed by atoms with Crippen molar-refractivity contribution < 1.29 is 19.5 Å². The summed E-state index contributed by atoms with van der Waals surface area (Å²) in [5.41, 5.74) is -0.205. The smallest absolute Gasteiger partial charge is 0.336 e. The lowest BCUT2D eigenvalue weighted by Crippen LogP contribution is -2.43. The van der Waals surface area contributed by atoms with Gasteiger partial charge in [-0.15, -0.1) is 0 Å². The van der Waals surface area contributed by atoms with E-state index in [1.165, 1.54) is 48.8 Å². The van der Waals surface area contributed by atoms with Crippen LogP contribution in [-0.2, 0) is 0 Å². The first-order chi connectivity index (χ1) is 10.0. The van der Waals surface area contributed by atoms with Gasteiger partial charge in [-0.1, -0.05) is 12.1 Å². The number of nitrogens with zero attached hydrogens (tertiary/aromatic N) is 2. The fraction of sp³-hybridized carbons (Fsp3) is 0. The molecular formula is C14H11N3O4. The van der Waals surface area contributed by atoms with Gasteiger partial charge in [-0.2, -0.15) is 0 Å². The van der Waals surface area contributed by atoms with E-state index >= 15 is 0 Å². The van der Waals surface area contributed by atoms with Crippen molar-refractivity contribution in [2.24, 2.45) is 5.84 Å². The van der Waals surface area contributed by atoms with Crippen molar-refractivity contribution in [3.63, 3.8) is 0 Å². The van der Waals surface area contributed by atoms with E-state index in [2.05, 4.69) is 4.98 Å². The van der Waals surface area contributed by atoms with E-state index in [-0.39, 0.29) is 16.7 Å². The summed E-state index contributed by atoms with van der Waals surface area (Å²) in [5, 5.41) is 9.43. The van der Waals surface area contributed by atoms with E-state index < -0.39 is 17.8 Å². The number of pyridine rings is 1. The Morgan fingerprint density at radius 3 is 2.10 bits per heavy atom. The highest BCUT2D eigenvalue weighted by atomic mass is 16.4. The molecule has 1 aromatic carbocycles. The molecule has 0 saturated heterocycles. The van der Waals surface area contributed by atoms with Gasteiger partial charge < -0.3 is 5.11 Å². The van der Waals surface area contributed by atoms with Crippen LogP contribution in [0.1, 0.15) is 31.1 Å². The van der Waals surface area contributed by atoms with Crippen molar-refractivity contribution in [3.05, 3.63) is 65.5 Å². The first kappa shape index (κ1) is 14.4. The minimum atomic E-state index is -1.27. The van der Waals surface area contributed by atoms with Crippen LogP contribution >= 0.6 is 0 Å². The van der Waals surface area contributed by atoms with Gasteiger partial charge in [-0.05, 0) is 24.3 Å². The van der Waals surface area contributed by atoms with Crippen LogP contribution in [0.5, 0.6) is 0 Å². The van der Waals surface area contributed by atoms with Crippen molar-refractivity contribution in [3.8, 4) is 0 Å². The Morgan fingerprint density at radius 1 is 0.952 bits per heavy atom. The standard InChI is InChI=1S/C14H11N3O4/c15-17(12(18)9-5-7-16-8-6-9)13(19)10-3-1-2-4-11(10)14(20)21/h1-8H,15H2,(H,20,21). The van der Waals surface area contributed by atoms with Crippen LogP contribution in [0.4, 0.5) is 0 Å². The average Bonchev–Trinajstić information content (AvgIpc) is 2.53.